The summed E-state index contributed by atoms with van der Waals surface area (Å²) in [7, 11) is 0. The highest BCUT2D eigenvalue weighted by Crippen LogP contribution is 2.70. The van der Waals surface area contributed by atoms with Gasteiger partial charge in [0.2, 0.25) is 5.91 Å². The summed E-state index contributed by atoms with van der Waals surface area (Å²) in [4.78, 5) is 23.2. The fourth-order valence-corrected chi connectivity index (χ4v) is 5.67. The molecule has 7 nitrogen and oxygen atoms in total. The Morgan fingerprint density at radius 2 is 1.59 bits per heavy atom. The van der Waals surface area contributed by atoms with Crippen molar-refractivity contribution in [3.63, 3.8) is 0 Å². The van der Waals surface area contributed by atoms with Crippen LogP contribution in [0.5, 0.6) is 0 Å². The monoisotopic (exact) mass is 422 g/mol. The molecule has 2 unspecified atom stereocenters. The molecule has 2 aromatic heterocycles. The fraction of sp³-hybridized carbons (Fsp3) is 0.320. The number of nitriles is 2. The maximum Gasteiger partial charge on any atom is 0.237 e. The largest absolute Gasteiger partial charge is 0.323 e. The Bertz CT molecular complexity index is 1340. The molecule has 0 radical (unpaired) electrons. The third-order valence-electron chi connectivity index (χ3n) is 7.90. The molecular formula is C25H22N6O. The SMILES string of the molecule is CC12CCC(C(=O)Nc3ccccc3-n3cccc3)(c3nc(C#N)c(C#N)nc31)C2(C)C. The van der Waals surface area contributed by atoms with E-state index in [4.69, 9.17) is 0 Å². The average Bonchev–Trinajstić information content (AvgIpc) is 3.43. The van der Waals surface area contributed by atoms with Crippen LogP contribution < -0.4 is 5.32 Å². The molecule has 1 amide bonds. The fourth-order valence-electron chi connectivity index (χ4n) is 5.67. The predicted molar refractivity (Wildman–Crippen MR) is 118 cm³/mol. The summed E-state index contributed by atoms with van der Waals surface area (Å²) >= 11 is 0. The molecule has 0 saturated heterocycles. The molecule has 3 aromatic rings. The number of rotatable bonds is 3. The summed E-state index contributed by atoms with van der Waals surface area (Å²) in [6.45, 7) is 6.22. The Balaban J connectivity index is 1.66. The van der Waals surface area contributed by atoms with Crippen molar-refractivity contribution in [1.29, 1.82) is 10.5 Å². The van der Waals surface area contributed by atoms with Gasteiger partial charge in [-0.3, -0.25) is 4.79 Å². The summed E-state index contributed by atoms with van der Waals surface area (Å²) in [5, 5.41) is 22.2. The minimum Gasteiger partial charge on any atom is -0.323 e. The van der Waals surface area contributed by atoms with Gasteiger partial charge in [-0.2, -0.15) is 10.5 Å². The molecule has 158 valence electrons. The smallest absolute Gasteiger partial charge is 0.237 e. The first kappa shape index (κ1) is 20.0. The maximum absolute atomic E-state index is 14.1. The van der Waals surface area contributed by atoms with E-state index in [-0.39, 0.29) is 17.3 Å². The van der Waals surface area contributed by atoms with Gasteiger partial charge in [0.05, 0.1) is 28.2 Å². The zero-order valence-electron chi connectivity index (χ0n) is 18.2. The molecule has 2 aliphatic rings. The van der Waals surface area contributed by atoms with Crippen molar-refractivity contribution in [2.45, 2.75) is 44.4 Å². The molecule has 32 heavy (non-hydrogen) atoms. The first-order chi connectivity index (χ1) is 15.3. The Kier molecular flexibility index (Phi) is 4.06. The van der Waals surface area contributed by atoms with Crippen LogP contribution in [0.1, 0.15) is 56.4 Å². The van der Waals surface area contributed by atoms with E-state index in [1.54, 1.807) is 0 Å². The molecule has 0 aliphatic heterocycles. The van der Waals surface area contributed by atoms with Gasteiger partial charge in [0, 0.05) is 17.8 Å². The van der Waals surface area contributed by atoms with Crippen molar-refractivity contribution < 1.29 is 4.79 Å². The molecule has 1 fully saturated rings. The summed E-state index contributed by atoms with van der Waals surface area (Å²) < 4.78 is 1.95. The van der Waals surface area contributed by atoms with E-state index < -0.39 is 16.2 Å². The van der Waals surface area contributed by atoms with E-state index in [0.29, 0.717) is 23.5 Å². The van der Waals surface area contributed by atoms with E-state index in [2.05, 4.69) is 36.1 Å². The van der Waals surface area contributed by atoms with Crippen molar-refractivity contribution in [1.82, 2.24) is 14.5 Å². The van der Waals surface area contributed by atoms with Gasteiger partial charge >= 0.3 is 0 Å². The minimum atomic E-state index is -0.951. The minimum absolute atomic E-state index is 0.0179. The van der Waals surface area contributed by atoms with E-state index in [1.165, 1.54) is 0 Å². The van der Waals surface area contributed by atoms with Crippen molar-refractivity contribution in [2.75, 3.05) is 5.32 Å². The van der Waals surface area contributed by atoms with E-state index in [0.717, 1.165) is 12.1 Å². The van der Waals surface area contributed by atoms with E-state index >= 15 is 0 Å². The van der Waals surface area contributed by atoms with Crippen LogP contribution >= 0.6 is 0 Å². The number of nitrogens with zero attached hydrogens (tertiary/aromatic N) is 5. The predicted octanol–water partition coefficient (Wildman–Crippen LogP) is 3.98. The van der Waals surface area contributed by atoms with Gasteiger partial charge in [-0.15, -0.1) is 0 Å². The van der Waals surface area contributed by atoms with Crippen LogP contribution in [-0.4, -0.2) is 20.4 Å². The number of para-hydroxylation sites is 2. The summed E-state index contributed by atoms with van der Waals surface area (Å²) in [5.74, 6) is -0.160. The lowest BCUT2D eigenvalue weighted by Crippen LogP contribution is -2.48. The highest BCUT2D eigenvalue weighted by atomic mass is 16.2. The van der Waals surface area contributed by atoms with Gasteiger partial charge in [-0.05, 0) is 42.5 Å². The first-order valence-corrected chi connectivity index (χ1v) is 10.6. The molecule has 2 aliphatic carbocycles. The summed E-state index contributed by atoms with van der Waals surface area (Å²) in [5.41, 5.74) is 0.865. The van der Waals surface area contributed by atoms with Crippen LogP contribution in [-0.2, 0) is 15.6 Å². The molecule has 2 bridgehead atoms. The second-order valence-corrected chi connectivity index (χ2v) is 9.27. The molecule has 1 aromatic carbocycles. The van der Waals surface area contributed by atoms with Crippen LogP contribution in [0.25, 0.3) is 5.69 Å². The lowest BCUT2D eigenvalue weighted by molar-refractivity contribution is -0.125. The standard InChI is InChI=1S/C25H22N6O/c1-23(2)24(3)10-11-25(23,21-20(24)28-17(14-26)18(15-27)29-21)22(32)30-16-8-4-5-9-19(16)31-12-6-7-13-31/h4-9,12-13H,10-11H2,1-3H3,(H,30,32). The van der Waals surface area contributed by atoms with Gasteiger partial charge in [0.1, 0.15) is 12.1 Å². The quantitative estimate of drug-likeness (QED) is 0.687. The van der Waals surface area contributed by atoms with Crippen LogP contribution in [0.2, 0.25) is 0 Å². The third kappa shape index (κ3) is 2.26. The first-order valence-electron chi connectivity index (χ1n) is 10.6. The number of aromatic nitrogens is 3. The zero-order valence-corrected chi connectivity index (χ0v) is 18.2. The average molecular weight is 422 g/mol. The number of amides is 1. The maximum atomic E-state index is 14.1. The molecule has 2 heterocycles. The van der Waals surface area contributed by atoms with Crippen LogP contribution in [0, 0.1) is 28.1 Å². The number of hydrogen-bond donors (Lipinski definition) is 1. The zero-order chi connectivity index (χ0) is 22.7. The van der Waals surface area contributed by atoms with Crippen molar-refractivity contribution >= 4 is 11.6 Å². The molecule has 1 N–H and O–H groups in total. The van der Waals surface area contributed by atoms with Gasteiger partial charge < -0.3 is 9.88 Å². The molecule has 5 rings (SSSR count). The molecular weight excluding hydrogens is 400 g/mol. The van der Waals surface area contributed by atoms with Crippen LogP contribution in [0.3, 0.4) is 0 Å². The normalized spacial score (nSPS) is 24.4. The second-order valence-electron chi connectivity index (χ2n) is 9.27. The van der Waals surface area contributed by atoms with Crippen molar-refractivity contribution in [2.24, 2.45) is 5.41 Å². The van der Waals surface area contributed by atoms with E-state index in [9.17, 15) is 15.3 Å². The number of benzene rings is 1. The summed E-state index contributed by atoms with van der Waals surface area (Å²) in [6.07, 6.45) is 5.22. The van der Waals surface area contributed by atoms with Crippen LogP contribution in [0.15, 0.2) is 48.8 Å². The lowest BCUT2D eigenvalue weighted by atomic mass is 9.63. The topological polar surface area (TPSA) is 107 Å². The van der Waals surface area contributed by atoms with Gasteiger partial charge in [-0.1, -0.05) is 32.9 Å². The van der Waals surface area contributed by atoms with Gasteiger partial charge in [0.15, 0.2) is 11.4 Å². The van der Waals surface area contributed by atoms with Crippen molar-refractivity contribution in [3.8, 4) is 17.8 Å². The molecule has 1 saturated carbocycles. The highest BCUT2D eigenvalue weighted by Gasteiger charge is 2.73. The lowest BCUT2D eigenvalue weighted by Gasteiger charge is -2.39. The Labute approximate surface area is 186 Å². The number of carbonyl (C=O) groups excluding carboxylic acids is 1. The van der Waals surface area contributed by atoms with Crippen molar-refractivity contribution in [3.05, 3.63) is 71.6 Å². The van der Waals surface area contributed by atoms with Gasteiger partial charge in [-0.25, -0.2) is 9.97 Å². The summed E-state index contributed by atoms with van der Waals surface area (Å²) in [6, 6.07) is 15.5. The highest BCUT2D eigenvalue weighted by molar-refractivity contribution is 6.02. The molecule has 7 heteroatoms. The third-order valence-corrected chi connectivity index (χ3v) is 7.90. The van der Waals surface area contributed by atoms with E-state index in [1.807, 2.05) is 65.5 Å². The van der Waals surface area contributed by atoms with Gasteiger partial charge in [0.25, 0.3) is 0 Å². The Morgan fingerprint density at radius 1 is 0.969 bits per heavy atom. The Hall–Kier alpha value is -3.97. The Morgan fingerprint density at radius 3 is 2.25 bits per heavy atom. The second kappa shape index (κ2) is 6.51. The number of fused-ring (bicyclic) bond motifs is 5. The number of anilines is 1. The number of nitrogens with one attached hydrogen (secondary N) is 1. The molecule has 0 spiro atoms. The molecule has 2 atom stereocenters. The van der Waals surface area contributed by atoms with Crippen LogP contribution in [0.4, 0.5) is 5.69 Å². The number of hydrogen-bond acceptors (Lipinski definition) is 5. The number of carbonyl (C=O) groups is 1.